The molecule has 0 fully saturated rings. The minimum Gasteiger partial charge on any atom is -0.411 e. The van der Waals surface area contributed by atoms with Crippen molar-refractivity contribution in [2.75, 3.05) is 0 Å². The fraction of sp³-hybridized carbons (Fsp3) is 0.212. The Balaban J connectivity index is 0.000000272. The van der Waals surface area contributed by atoms with Crippen molar-refractivity contribution in [2.24, 2.45) is 11.1 Å². The molecule has 228 valence electrons. The first-order valence-electron chi connectivity index (χ1n) is 13.0. The molecule has 0 bridgehead atoms. The predicted molar refractivity (Wildman–Crippen MR) is 181 cm³/mol. The van der Waals surface area contributed by atoms with Crippen molar-refractivity contribution in [3.05, 3.63) is 138 Å². The van der Waals surface area contributed by atoms with Crippen LogP contribution in [0.3, 0.4) is 0 Å². The van der Waals surface area contributed by atoms with Crippen LogP contribution in [0.4, 0.5) is 0 Å². The highest BCUT2D eigenvalue weighted by Gasteiger charge is 2.27. The van der Waals surface area contributed by atoms with Crippen LogP contribution in [0.1, 0.15) is 83.1 Å². The van der Waals surface area contributed by atoms with E-state index in [1.807, 2.05) is 78.9 Å². The number of rotatable bonds is 2. The smallest absolute Gasteiger partial charge is 0.163 e. The maximum absolute atomic E-state index is 11.9. The number of halogens is 5. The molecule has 0 amide bonds. The fourth-order valence-electron chi connectivity index (χ4n) is 5.51. The van der Waals surface area contributed by atoms with Gasteiger partial charge in [0.25, 0.3) is 0 Å². The zero-order chi connectivity index (χ0) is 29.5. The van der Waals surface area contributed by atoms with Gasteiger partial charge in [0.15, 0.2) is 5.78 Å². The first-order valence-corrected chi connectivity index (χ1v) is 14.5. The Kier molecular flexibility index (Phi) is 14.5. The molecule has 10 heteroatoms. The fourth-order valence-corrected chi connectivity index (χ4v) is 6.12. The van der Waals surface area contributed by atoms with E-state index in [1.54, 1.807) is 0 Å². The lowest BCUT2D eigenvalue weighted by Gasteiger charge is -2.26. The van der Waals surface area contributed by atoms with Gasteiger partial charge in [0.1, 0.15) is 0 Å². The summed E-state index contributed by atoms with van der Waals surface area (Å²) in [5.41, 5.74) is 7.12. The normalized spacial score (nSPS) is 17.4. The van der Waals surface area contributed by atoms with Crippen LogP contribution in [0, 0.1) is 0 Å². The topological polar surface area (TPSA) is 95.9 Å². The number of carbonyl (C=O) groups excluding carboxylic acids is 1. The molecule has 43 heavy (non-hydrogen) atoms. The molecule has 2 aliphatic rings. The van der Waals surface area contributed by atoms with Gasteiger partial charge in [0.05, 0.1) is 25.8 Å². The molecule has 0 radical (unpaired) electrons. The third kappa shape index (κ3) is 8.31. The van der Waals surface area contributed by atoms with E-state index in [9.17, 15) is 4.79 Å². The summed E-state index contributed by atoms with van der Waals surface area (Å²) < 4.78 is 0. The van der Waals surface area contributed by atoms with E-state index in [1.165, 1.54) is 5.56 Å². The molecule has 2 atom stereocenters. The number of carbonyl (C=O) groups is 1. The Labute approximate surface area is 278 Å². The molecule has 4 aromatic rings. The van der Waals surface area contributed by atoms with Gasteiger partial charge in [-0.1, -0.05) is 120 Å². The summed E-state index contributed by atoms with van der Waals surface area (Å²) in [6, 6.07) is 27.3. The van der Waals surface area contributed by atoms with Gasteiger partial charge in [0.2, 0.25) is 0 Å². The molecule has 6 rings (SSSR count). The maximum atomic E-state index is 11.9. The molecule has 4 aromatic carbocycles. The lowest BCUT2D eigenvalue weighted by atomic mass is 9.78. The molecular formula is C33H33Cl5N2O3. The van der Waals surface area contributed by atoms with Crippen LogP contribution in [0.2, 0.25) is 20.1 Å². The highest BCUT2D eigenvalue weighted by molar-refractivity contribution is 6.42. The number of ketones is 1. The summed E-state index contributed by atoms with van der Waals surface area (Å²) in [5, 5.41) is 21.3. The number of nitrogens with zero attached hydrogens (tertiary/aromatic N) is 1. The van der Waals surface area contributed by atoms with E-state index in [-0.39, 0.29) is 37.5 Å². The van der Waals surface area contributed by atoms with Crippen molar-refractivity contribution in [3.8, 4) is 0 Å². The molecule has 0 spiro atoms. The second-order valence-electron chi connectivity index (χ2n) is 9.67. The Morgan fingerprint density at radius 1 is 0.651 bits per heavy atom. The van der Waals surface area contributed by atoms with Gasteiger partial charge in [-0.05, 0) is 65.8 Å². The molecule has 5 nitrogen and oxygen atoms in total. The van der Waals surface area contributed by atoms with Crippen LogP contribution in [-0.2, 0) is 0 Å². The molecule has 0 unspecified atom stereocenters. The largest absolute Gasteiger partial charge is 0.411 e. The highest BCUT2D eigenvalue weighted by Crippen LogP contribution is 2.40. The number of hydrogen-bond acceptors (Lipinski definition) is 5. The molecule has 0 aliphatic heterocycles. The monoisotopic (exact) mass is 680 g/mol. The van der Waals surface area contributed by atoms with Gasteiger partial charge in [-0.2, -0.15) is 0 Å². The Hall–Kier alpha value is -2.61. The van der Waals surface area contributed by atoms with E-state index in [0.717, 1.165) is 52.8 Å². The van der Waals surface area contributed by atoms with Crippen LogP contribution in [0.25, 0.3) is 0 Å². The Morgan fingerprint density at radius 2 is 1.09 bits per heavy atom. The summed E-state index contributed by atoms with van der Waals surface area (Å²) in [6.45, 7) is 0. The number of nitrogens with two attached hydrogens (primary N) is 1. The first-order chi connectivity index (χ1) is 19.9. The summed E-state index contributed by atoms with van der Waals surface area (Å²) >= 11 is 24.1. The van der Waals surface area contributed by atoms with Crippen LogP contribution in [0.15, 0.2) is 90.1 Å². The third-order valence-electron chi connectivity index (χ3n) is 7.43. The standard InChI is InChI=1S/C16H13Cl2NO.C16H12Cl2O.CH4.ClH.H3NO/c17-14-7-5-10(9-15(14)18)11-6-8-16(19-20)13-4-2-1-3-12(11)13;17-14-7-5-10(9-15(14)18)11-6-8-16(19)13-4-2-1-3-12(11)13;;;1-2/h1-5,7,9,11,20H,6,8H2;1-5,7,9,11H,6,8H2;1H4;1H;2H,1H2/t2*11-;;;/m00.../s1. The molecule has 4 N–H and O–H groups in total. The molecule has 0 saturated heterocycles. The van der Waals surface area contributed by atoms with Gasteiger partial charge in [-0.25, -0.2) is 5.90 Å². The minimum atomic E-state index is 0. The quantitative estimate of drug-likeness (QED) is 0.145. The average molecular weight is 683 g/mol. The van der Waals surface area contributed by atoms with Crippen molar-refractivity contribution in [2.45, 2.75) is 44.9 Å². The second kappa shape index (κ2) is 17.0. The lowest BCUT2D eigenvalue weighted by Crippen LogP contribution is -2.17. The zero-order valence-electron chi connectivity index (χ0n) is 22.3. The van der Waals surface area contributed by atoms with Gasteiger partial charge in [-0.3, -0.25) is 4.79 Å². The van der Waals surface area contributed by atoms with Crippen molar-refractivity contribution in [1.82, 2.24) is 0 Å². The van der Waals surface area contributed by atoms with E-state index < -0.39 is 0 Å². The minimum absolute atomic E-state index is 0. The molecule has 0 saturated carbocycles. The Bertz CT molecular complexity index is 1580. The number of oxime groups is 1. The zero-order valence-corrected chi connectivity index (χ0v) is 26.2. The molecular weight excluding hydrogens is 650 g/mol. The van der Waals surface area contributed by atoms with Crippen LogP contribution >= 0.6 is 58.8 Å². The third-order valence-corrected chi connectivity index (χ3v) is 8.90. The number of Topliss-reactive ketones (excluding diaryl/α,β-unsaturated/α-hetero) is 1. The molecule has 0 aromatic heterocycles. The number of hydrogen-bond donors (Lipinski definition) is 3. The first kappa shape index (κ1) is 36.6. The van der Waals surface area contributed by atoms with Gasteiger partial charge < -0.3 is 10.4 Å². The van der Waals surface area contributed by atoms with Crippen molar-refractivity contribution < 1.29 is 15.2 Å². The van der Waals surface area contributed by atoms with Gasteiger partial charge in [0, 0.05) is 29.4 Å². The van der Waals surface area contributed by atoms with E-state index >= 15 is 0 Å². The highest BCUT2D eigenvalue weighted by atomic mass is 35.5. The van der Waals surface area contributed by atoms with E-state index in [4.69, 9.17) is 56.8 Å². The van der Waals surface area contributed by atoms with E-state index in [2.05, 4.69) is 17.1 Å². The van der Waals surface area contributed by atoms with Crippen LogP contribution < -0.4 is 5.90 Å². The summed E-state index contributed by atoms with van der Waals surface area (Å²) in [4.78, 5) is 11.9. The van der Waals surface area contributed by atoms with Gasteiger partial charge >= 0.3 is 0 Å². The van der Waals surface area contributed by atoms with Crippen molar-refractivity contribution in [3.63, 3.8) is 0 Å². The number of fused-ring (bicyclic) bond motifs is 2. The maximum Gasteiger partial charge on any atom is 0.163 e. The average Bonchev–Trinajstić information content (AvgIpc) is 3.01. The predicted octanol–water partition coefficient (Wildman–Crippen LogP) is 10.6. The van der Waals surface area contributed by atoms with Crippen molar-refractivity contribution in [1.29, 1.82) is 0 Å². The van der Waals surface area contributed by atoms with E-state index in [0.29, 0.717) is 26.5 Å². The summed E-state index contributed by atoms with van der Waals surface area (Å²) in [5.74, 6) is 4.21. The lowest BCUT2D eigenvalue weighted by molar-refractivity contribution is 0.0969. The molecule has 2 aliphatic carbocycles. The summed E-state index contributed by atoms with van der Waals surface area (Å²) in [6.07, 6.45) is 3.06. The van der Waals surface area contributed by atoms with Gasteiger partial charge in [-0.15, -0.1) is 12.4 Å². The summed E-state index contributed by atoms with van der Waals surface area (Å²) in [7, 11) is 0. The van der Waals surface area contributed by atoms with Crippen LogP contribution in [0.5, 0.6) is 0 Å². The number of benzene rings is 4. The SMILES string of the molecule is C.Cl.NO.O=C1CC[C@@H](c2ccc(Cl)c(Cl)c2)c2ccccc21.ON=C1CC[C@@H](c2ccc(Cl)c(Cl)c2)c2ccccc21. The second-order valence-corrected chi connectivity index (χ2v) is 11.3. The molecule has 0 heterocycles. The van der Waals surface area contributed by atoms with Crippen LogP contribution in [-0.4, -0.2) is 21.9 Å². The van der Waals surface area contributed by atoms with Crippen molar-refractivity contribution >= 4 is 70.3 Å². The Morgan fingerprint density at radius 3 is 1.58 bits per heavy atom.